The first kappa shape index (κ1) is 23.6. The molecule has 0 spiro atoms. The first-order chi connectivity index (χ1) is 14.7. The van der Waals surface area contributed by atoms with Gasteiger partial charge in [0.25, 0.3) is 0 Å². The van der Waals surface area contributed by atoms with Gasteiger partial charge < -0.3 is 71.5 Å². The average molecular weight is 453 g/mol. The van der Waals surface area contributed by atoms with Crippen LogP contribution in [0.5, 0.6) is 0 Å². The van der Waals surface area contributed by atoms with Crippen LogP contribution in [0.3, 0.4) is 0 Å². The number of fused-ring (bicyclic) bond motifs is 1. The van der Waals surface area contributed by atoms with Gasteiger partial charge in [0.1, 0.15) is 48.8 Å². The molecular weight excluding hydrogens is 422 g/mol. The fraction of sp³-hybridized carbons (Fsp3) is 1.00. The van der Waals surface area contributed by atoms with Crippen LogP contribution in [-0.4, -0.2) is 141 Å². The van der Waals surface area contributed by atoms with E-state index in [1.54, 1.807) is 0 Å². The van der Waals surface area contributed by atoms with Crippen molar-refractivity contribution < 1.29 is 54.7 Å². The SMILES string of the molecule is NC1[C@@H](O[C@@H]2C3NC3[C@@H](N)C(O)[C@H]2O)OC(CO)[C@@H](O)[C@@H]1O[C@@H]1O[C@H](CO)C(O)[C@@H]1O. The largest absolute Gasteiger partial charge is 0.394 e. The highest BCUT2D eigenvalue weighted by atomic mass is 16.7. The Hall–Kier alpha value is -0.560. The number of nitrogens with one attached hydrogen (secondary N) is 1. The van der Waals surface area contributed by atoms with E-state index in [0.717, 1.165) is 0 Å². The minimum atomic E-state index is -1.51. The molecule has 14 nitrogen and oxygen atoms in total. The molecule has 14 heteroatoms. The third kappa shape index (κ3) is 4.11. The van der Waals surface area contributed by atoms with Gasteiger partial charge in [-0.25, -0.2) is 0 Å². The molecule has 1 aliphatic carbocycles. The number of aliphatic hydroxyl groups is 7. The lowest BCUT2D eigenvalue weighted by atomic mass is 9.88. The molecule has 4 fully saturated rings. The number of hydrogen-bond donors (Lipinski definition) is 10. The van der Waals surface area contributed by atoms with Crippen LogP contribution in [0, 0.1) is 0 Å². The summed E-state index contributed by atoms with van der Waals surface area (Å²) in [5.41, 5.74) is 12.0. The van der Waals surface area contributed by atoms with Crippen molar-refractivity contribution in [2.45, 2.75) is 91.7 Å². The van der Waals surface area contributed by atoms with Gasteiger partial charge in [0.05, 0.1) is 37.4 Å². The van der Waals surface area contributed by atoms with Crippen molar-refractivity contribution in [3.05, 3.63) is 0 Å². The third-order valence-electron chi connectivity index (χ3n) is 6.49. The van der Waals surface area contributed by atoms with Crippen LogP contribution in [0.15, 0.2) is 0 Å². The lowest BCUT2D eigenvalue weighted by molar-refractivity contribution is -0.315. The zero-order valence-corrected chi connectivity index (χ0v) is 16.5. The molecule has 3 saturated heterocycles. The van der Waals surface area contributed by atoms with Gasteiger partial charge in [-0.05, 0) is 0 Å². The first-order valence-electron chi connectivity index (χ1n) is 10.2. The third-order valence-corrected chi connectivity index (χ3v) is 6.49. The summed E-state index contributed by atoms with van der Waals surface area (Å²) >= 11 is 0. The Bertz CT molecular complexity index is 634. The van der Waals surface area contributed by atoms with Crippen LogP contribution >= 0.6 is 0 Å². The van der Waals surface area contributed by atoms with Gasteiger partial charge in [-0.3, -0.25) is 0 Å². The normalized spacial score (nSPS) is 57.0. The molecule has 0 amide bonds. The van der Waals surface area contributed by atoms with Crippen LogP contribution in [0.25, 0.3) is 0 Å². The minimum absolute atomic E-state index is 0.256. The molecule has 0 aromatic rings. The predicted octanol–water partition coefficient (Wildman–Crippen LogP) is -7.00. The Morgan fingerprint density at radius 3 is 1.84 bits per heavy atom. The maximum Gasteiger partial charge on any atom is 0.187 e. The van der Waals surface area contributed by atoms with E-state index in [9.17, 15) is 35.7 Å². The van der Waals surface area contributed by atoms with Gasteiger partial charge in [-0.15, -0.1) is 0 Å². The zero-order valence-electron chi connectivity index (χ0n) is 16.5. The van der Waals surface area contributed by atoms with E-state index in [4.69, 9.17) is 30.4 Å². The average Bonchev–Trinajstić information content (AvgIpc) is 3.51. The fourth-order valence-electron chi connectivity index (χ4n) is 4.50. The van der Waals surface area contributed by atoms with Crippen molar-refractivity contribution in [2.75, 3.05) is 13.2 Å². The molecule has 0 radical (unpaired) electrons. The summed E-state index contributed by atoms with van der Waals surface area (Å²) in [5, 5.41) is 72.9. The number of aliphatic hydroxyl groups excluding tert-OH is 7. The summed E-state index contributed by atoms with van der Waals surface area (Å²) < 4.78 is 22.3. The van der Waals surface area contributed by atoms with Crippen LogP contribution < -0.4 is 16.8 Å². The van der Waals surface area contributed by atoms with Gasteiger partial charge in [0.2, 0.25) is 0 Å². The molecule has 0 aromatic heterocycles. The van der Waals surface area contributed by atoms with E-state index >= 15 is 0 Å². The summed E-state index contributed by atoms with van der Waals surface area (Å²) in [5.74, 6) is 0. The standard InChI is InChI=1S/C17H31N3O11/c18-5-7-8(20-7)15(12(26)11(5)25)31-16-6(19)14(10(24)4(2-22)28-16)30-17-13(27)9(23)3(1-21)29-17/h3-17,20-27H,1-2,18-19H2/t3-,4?,5-,6?,7?,8?,9?,10-,11?,12-,13+,14-,15-,16-,17+/m1/s1. The molecule has 3 heterocycles. The Morgan fingerprint density at radius 1 is 0.645 bits per heavy atom. The van der Waals surface area contributed by atoms with Crippen molar-refractivity contribution in [3.63, 3.8) is 0 Å². The molecule has 4 aliphatic rings. The van der Waals surface area contributed by atoms with Gasteiger partial charge in [0.15, 0.2) is 12.6 Å². The number of rotatable bonds is 6. The summed E-state index contributed by atoms with van der Waals surface area (Å²) in [4.78, 5) is 0. The van der Waals surface area contributed by atoms with Crippen LogP contribution in [0.1, 0.15) is 0 Å². The Kier molecular flexibility index (Phi) is 6.85. The smallest absolute Gasteiger partial charge is 0.187 e. The highest BCUT2D eigenvalue weighted by Gasteiger charge is 2.59. The van der Waals surface area contributed by atoms with Crippen molar-refractivity contribution >= 4 is 0 Å². The van der Waals surface area contributed by atoms with Crippen molar-refractivity contribution in [3.8, 4) is 0 Å². The Morgan fingerprint density at radius 2 is 1.23 bits per heavy atom. The first-order valence-corrected chi connectivity index (χ1v) is 10.2. The topological polar surface area (TPSA) is 253 Å². The van der Waals surface area contributed by atoms with Crippen molar-refractivity contribution in [1.82, 2.24) is 5.32 Å². The van der Waals surface area contributed by atoms with E-state index in [-0.39, 0.29) is 12.1 Å². The molecule has 31 heavy (non-hydrogen) atoms. The second-order valence-electron chi connectivity index (χ2n) is 8.48. The minimum Gasteiger partial charge on any atom is -0.394 e. The second-order valence-corrected chi connectivity index (χ2v) is 8.48. The predicted molar refractivity (Wildman–Crippen MR) is 97.9 cm³/mol. The molecule has 6 unspecified atom stereocenters. The van der Waals surface area contributed by atoms with Gasteiger partial charge in [-0.1, -0.05) is 0 Å². The van der Waals surface area contributed by atoms with Crippen LogP contribution in [0.4, 0.5) is 0 Å². The highest BCUT2D eigenvalue weighted by Crippen LogP contribution is 2.35. The molecule has 0 aromatic carbocycles. The zero-order chi connectivity index (χ0) is 22.6. The Labute approximate surface area is 177 Å². The van der Waals surface area contributed by atoms with Crippen LogP contribution in [0.2, 0.25) is 0 Å². The van der Waals surface area contributed by atoms with Crippen LogP contribution in [-0.2, 0) is 18.9 Å². The second kappa shape index (κ2) is 9.00. The quantitative estimate of drug-likeness (QED) is 0.168. The number of hydrogen-bond acceptors (Lipinski definition) is 14. The lowest BCUT2D eigenvalue weighted by Gasteiger charge is -2.45. The maximum absolute atomic E-state index is 10.5. The monoisotopic (exact) mass is 453 g/mol. The molecule has 0 bridgehead atoms. The molecule has 1 saturated carbocycles. The summed E-state index contributed by atoms with van der Waals surface area (Å²) in [7, 11) is 0. The van der Waals surface area contributed by atoms with Gasteiger partial charge in [-0.2, -0.15) is 0 Å². The Balaban J connectivity index is 1.47. The van der Waals surface area contributed by atoms with E-state index in [0.29, 0.717) is 0 Å². The number of nitrogens with two attached hydrogens (primary N) is 2. The molecule has 4 rings (SSSR count). The molecule has 180 valence electrons. The molecule has 3 aliphatic heterocycles. The van der Waals surface area contributed by atoms with E-state index < -0.39 is 92.8 Å². The van der Waals surface area contributed by atoms with E-state index in [2.05, 4.69) is 5.32 Å². The molecular formula is C17H31N3O11. The maximum atomic E-state index is 10.5. The lowest BCUT2D eigenvalue weighted by Crippen LogP contribution is -2.66. The fourth-order valence-corrected chi connectivity index (χ4v) is 4.50. The van der Waals surface area contributed by atoms with Crippen molar-refractivity contribution in [1.29, 1.82) is 0 Å². The summed E-state index contributed by atoms with van der Waals surface area (Å²) in [6.45, 7) is -1.18. The van der Waals surface area contributed by atoms with Gasteiger partial charge >= 0.3 is 0 Å². The van der Waals surface area contributed by atoms with E-state index in [1.807, 2.05) is 0 Å². The highest BCUT2D eigenvalue weighted by molar-refractivity contribution is 5.18. The van der Waals surface area contributed by atoms with E-state index in [1.165, 1.54) is 0 Å². The summed E-state index contributed by atoms with van der Waals surface area (Å²) in [6.07, 6.45) is -14.1. The number of ether oxygens (including phenoxy) is 4. The molecule has 12 N–H and O–H groups in total. The molecule has 15 atom stereocenters. The van der Waals surface area contributed by atoms with Gasteiger partial charge in [0, 0.05) is 6.04 Å². The van der Waals surface area contributed by atoms with Crippen molar-refractivity contribution in [2.24, 2.45) is 11.5 Å². The summed E-state index contributed by atoms with van der Waals surface area (Å²) in [6, 6.07) is -2.44.